The number of hydrogen-bond donors (Lipinski definition) is 1. The molecule has 0 unspecified atom stereocenters. The molecule has 2 aromatic rings. The van der Waals surface area contributed by atoms with Crippen LogP contribution >= 0.6 is 15.9 Å². The Morgan fingerprint density at radius 3 is 2.70 bits per heavy atom. The van der Waals surface area contributed by atoms with Crippen LogP contribution in [0.3, 0.4) is 0 Å². The van der Waals surface area contributed by atoms with Crippen LogP contribution in [0.2, 0.25) is 0 Å². The number of anilines is 1. The largest absolute Gasteiger partial charge is 0.483 e. The van der Waals surface area contributed by atoms with Crippen LogP contribution < -0.4 is 10.1 Å². The van der Waals surface area contributed by atoms with Crippen LogP contribution in [-0.2, 0) is 4.79 Å². The van der Waals surface area contributed by atoms with Gasteiger partial charge in [0.15, 0.2) is 6.61 Å². The number of para-hydroxylation sites is 1. The van der Waals surface area contributed by atoms with Crippen LogP contribution in [0.25, 0.3) is 0 Å². The highest BCUT2D eigenvalue weighted by Gasteiger charge is 2.10. The second-order valence-corrected chi connectivity index (χ2v) is 6.19. The van der Waals surface area contributed by atoms with Crippen molar-refractivity contribution in [3.8, 4) is 11.8 Å². The van der Waals surface area contributed by atoms with Crippen LogP contribution in [0.15, 0.2) is 46.9 Å². The van der Waals surface area contributed by atoms with Crippen molar-refractivity contribution in [3.63, 3.8) is 0 Å². The van der Waals surface area contributed by atoms with E-state index >= 15 is 0 Å². The van der Waals surface area contributed by atoms with E-state index in [-0.39, 0.29) is 12.5 Å². The van der Waals surface area contributed by atoms with Gasteiger partial charge < -0.3 is 10.1 Å². The zero-order valence-corrected chi connectivity index (χ0v) is 14.6. The summed E-state index contributed by atoms with van der Waals surface area (Å²) in [5.74, 6) is 0.719. The Kier molecular flexibility index (Phi) is 5.78. The maximum absolute atomic E-state index is 12.0. The lowest BCUT2D eigenvalue weighted by Crippen LogP contribution is -2.20. The fourth-order valence-corrected chi connectivity index (χ4v) is 2.52. The molecule has 0 spiro atoms. The number of rotatable bonds is 5. The Balaban J connectivity index is 1.98. The van der Waals surface area contributed by atoms with Gasteiger partial charge in [-0.1, -0.05) is 32.0 Å². The first-order chi connectivity index (χ1) is 11.0. The number of nitrogens with one attached hydrogen (secondary N) is 1. The lowest BCUT2D eigenvalue weighted by Gasteiger charge is -2.12. The number of carbonyl (C=O) groups excluding carboxylic acids is 1. The van der Waals surface area contributed by atoms with E-state index in [1.54, 1.807) is 24.3 Å². The summed E-state index contributed by atoms with van der Waals surface area (Å²) in [4.78, 5) is 12.0. The SMILES string of the molecule is CC(C)c1ccc(OCC(=O)Nc2ccccc2C#N)c(Br)c1. The summed E-state index contributed by atoms with van der Waals surface area (Å²) >= 11 is 3.46. The van der Waals surface area contributed by atoms with Gasteiger partial charge in [0.05, 0.1) is 15.7 Å². The monoisotopic (exact) mass is 372 g/mol. The topological polar surface area (TPSA) is 62.1 Å². The second-order valence-electron chi connectivity index (χ2n) is 5.34. The molecule has 2 rings (SSSR count). The van der Waals surface area contributed by atoms with Crippen molar-refractivity contribution < 1.29 is 9.53 Å². The maximum atomic E-state index is 12.0. The molecule has 5 heteroatoms. The van der Waals surface area contributed by atoms with E-state index in [1.165, 1.54) is 5.56 Å². The third-order valence-electron chi connectivity index (χ3n) is 3.30. The molecule has 1 amide bonds. The van der Waals surface area contributed by atoms with Gasteiger partial charge in [0.25, 0.3) is 5.91 Å². The molecule has 0 saturated carbocycles. The van der Waals surface area contributed by atoms with E-state index in [1.807, 2.05) is 24.3 Å². The average Bonchev–Trinajstić information content (AvgIpc) is 2.54. The van der Waals surface area contributed by atoms with Crippen LogP contribution in [0.1, 0.15) is 30.9 Å². The van der Waals surface area contributed by atoms with E-state index in [9.17, 15) is 4.79 Å². The van der Waals surface area contributed by atoms with E-state index in [0.29, 0.717) is 22.9 Å². The Hall–Kier alpha value is -2.32. The first kappa shape index (κ1) is 17.0. The Labute approximate surface area is 144 Å². The molecular weight excluding hydrogens is 356 g/mol. The first-order valence-electron chi connectivity index (χ1n) is 7.22. The number of hydrogen-bond acceptors (Lipinski definition) is 3. The normalized spacial score (nSPS) is 10.2. The molecule has 0 atom stereocenters. The molecule has 23 heavy (non-hydrogen) atoms. The minimum absolute atomic E-state index is 0.126. The summed E-state index contributed by atoms with van der Waals surface area (Å²) in [7, 11) is 0. The van der Waals surface area contributed by atoms with Gasteiger partial charge in [0.2, 0.25) is 0 Å². The van der Waals surface area contributed by atoms with Gasteiger partial charge in [-0.25, -0.2) is 0 Å². The smallest absolute Gasteiger partial charge is 0.262 e. The highest BCUT2D eigenvalue weighted by Crippen LogP contribution is 2.28. The van der Waals surface area contributed by atoms with Gasteiger partial charge in [-0.15, -0.1) is 0 Å². The minimum atomic E-state index is -0.312. The Morgan fingerprint density at radius 2 is 2.04 bits per heavy atom. The van der Waals surface area contributed by atoms with Crippen molar-refractivity contribution in [3.05, 3.63) is 58.1 Å². The maximum Gasteiger partial charge on any atom is 0.262 e. The van der Waals surface area contributed by atoms with Crippen molar-refractivity contribution in [1.29, 1.82) is 5.26 Å². The summed E-state index contributed by atoms with van der Waals surface area (Å²) in [6, 6.07) is 14.7. The third kappa shape index (κ3) is 4.57. The van der Waals surface area contributed by atoms with Gasteiger partial charge in [0, 0.05) is 0 Å². The molecule has 0 aliphatic carbocycles. The second kappa shape index (κ2) is 7.80. The standard InChI is InChI=1S/C18H17BrN2O2/c1-12(2)13-7-8-17(15(19)9-13)23-11-18(22)21-16-6-4-3-5-14(16)10-20/h3-9,12H,11H2,1-2H3,(H,21,22). The van der Waals surface area contributed by atoms with Gasteiger partial charge in [-0.2, -0.15) is 5.26 Å². The average molecular weight is 373 g/mol. The van der Waals surface area contributed by atoms with E-state index < -0.39 is 0 Å². The lowest BCUT2D eigenvalue weighted by molar-refractivity contribution is -0.118. The van der Waals surface area contributed by atoms with Gasteiger partial charge in [0.1, 0.15) is 11.8 Å². The van der Waals surface area contributed by atoms with E-state index in [2.05, 4.69) is 35.1 Å². The van der Waals surface area contributed by atoms with Crippen LogP contribution in [0.4, 0.5) is 5.69 Å². The fraction of sp³-hybridized carbons (Fsp3) is 0.222. The van der Waals surface area contributed by atoms with Crippen LogP contribution in [-0.4, -0.2) is 12.5 Å². The van der Waals surface area contributed by atoms with Crippen LogP contribution in [0.5, 0.6) is 5.75 Å². The number of carbonyl (C=O) groups is 1. The molecule has 0 fully saturated rings. The van der Waals surface area contributed by atoms with Crippen molar-refractivity contribution in [2.24, 2.45) is 0 Å². The number of nitriles is 1. The minimum Gasteiger partial charge on any atom is -0.483 e. The number of ether oxygens (including phenoxy) is 1. The van der Waals surface area contributed by atoms with Crippen molar-refractivity contribution >= 4 is 27.5 Å². The molecule has 118 valence electrons. The summed E-state index contributed by atoms with van der Waals surface area (Å²) in [5, 5.41) is 11.7. The molecule has 0 aliphatic heterocycles. The van der Waals surface area contributed by atoms with E-state index in [0.717, 1.165) is 4.47 Å². The van der Waals surface area contributed by atoms with Crippen molar-refractivity contribution in [2.75, 3.05) is 11.9 Å². The molecule has 0 aromatic heterocycles. The molecule has 2 aromatic carbocycles. The molecular formula is C18H17BrN2O2. The zero-order valence-electron chi connectivity index (χ0n) is 13.0. The first-order valence-corrected chi connectivity index (χ1v) is 8.01. The number of halogens is 1. The summed E-state index contributed by atoms with van der Waals surface area (Å²) in [6.45, 7) is 4.10. The highest BCUT2D eigenvalue weighted by molar-refractivity contribution is 9.10. The van der Waals surface area contributed by atoms with Crippen molar-refractivity contribution in [2.45, 2.75) is 19.8 Å². The summed E-state index contributed by atoms with van der Waals surface area (Å²) in [5.41, 5.74) is 2.10. The number of benzene rings is 2. The van der Waals surface area contributed by atoms with E-state index in [4.69, 9.17) is 10.00 Å². The predicted molar refractivity (Wildman–Crippen MR) is 93.5 cm³/mol. The van der Waals surface area contributed by atoms with Crippen LogP contribution in [0, 0.1) is 11.3 Å². The molecule has 0 heterocycles. The number of nitrogens with zero attached hydrogens (tertiary/aromatic N) is 1. The zero-order chi connectivity index (χ0) is 16.8. The van der Waals surface area contributed by atoms with Gasteiger partial charge in [-0.05, 0) is 51.7 Å². The summed E-state index contributed by atoms with van der Waals surface area (Å²) in [6.07, 6.45) is 0. The lowest BCUT2D eigenvalue weighted by atomic mass is 10.0. The quantitative estimate of drug-likeness (QED) is 0.842. The van der Waals surface area contributed by atoms with Gasteiger partial charge in [-0.3, -0.25) is 4.79 Å². The third-order valence-corrected chi connectivity index (χ3v) is 3.92. The summed E-state index contributed by atoms with van der Waals surface area (Å²) < 4.78 is 6.35. The molecule has 0 saturated heterocycles. The molecule has 1 N–H and O–H groups in total. The molecule has 0 radical (unpaired) electrons. The predicted octanol–water partition coefficient (Wildman–Crippen LogP) is 4.46. The highest BCUT2D eigenvalue weighted by atomic mass is 79.9. The molecule has 4 nitrogen and oxygen atoms in total. The Bertz CT molecular complexity index is 751. The fourth-order valence-electron chi connectivity index (χ4n) is 2.01. The van der Waals surface area contributed by atoms with Crippen molar-refractivity contribution in [1.82, 2.24) is 0 Å². The number of amides is 1. The van der Waals surface area contributed by atoms with Gasteiger partial charge >= 0.3 is 0 Å². The molecule has 0 bridgehead atoms. The Morgan fingerprint density at radius 1 is 1.30 bits per heavy atom. The molecule has 0 aliphatic rings.